The molecule has 7 heteroatoms. The fourth-order valence-electron chi connectivity index (χ4n) is 5.00. The zero-order chi connectivity index (χ0) is 22.6. The lowest BCUT2D eigenvalue weighted by Gasteiger charge is -2.45. The predicted molar refractivity (Wildman–Crippen MR) is 126 cm³/mol. The van der Waals surface area contributed by atoms with Crippen LogP contribution < -0.4 is 10.3 Å². The summed E-state index contributed by atoms with van der Waals surface area (Å²) in [4.78, 5) is 24.9. The van der Waals surface area contributed by atoms with Gasteiger partial charge in [0, 0.05) is 36.5 Å². The Labute approximate surface area is 188 Å². The van der Waals surface area contributed by atoms with Crippen LogP contribution in [0.4, 0.5) is 11.4 Å². The summed E-state index contributed by atoms with van der Waals surface area (Å²) >= 11 is 0. The average molecular weight is 435 g/mol. The Kier molecular flexibility index (Phi) is 6.53. The second kappa shape index (κ2) is 9.51. The number of hydrazone groups is 1. The largest absolute Gasteiger partial charge is 0.371 e. The second-order valence-corrected chi connectivity index (χ2v) is 9.09. The van der Waals surface area contributed by atoms with Gasteiger partial charge < -0.3 is 4.90 Å². The van der Waals surface area contributed by atoms with Gasteiger partial charge in [-0.3, -0.25) is 14.9 Å². The van der Waals surface area contributed by atoms with Gasteiger partial charge in [-0.25, -0.2) is 5.43 Å². The standard InChI is InChI=1S/C25H30N4O3/c1-19-17-23(28-15-13-25(14-16-28)11-3-2-4-12-25)10-7-21(19)18-26-27-24(30)20-5-8-22(9-6-20)29(31)32/h5-10,17-18H,2-4,11-16H2,1H3,(H,27,30). The number of benzene rings is 2. The van der Waals surface area contributed by atoms with Crippen molar-refractivity contribution in [1.29, 1.82) is 0 Å². The van der Waals surface area contributed by atoms with Crippen LogP contribution in [0, 0.1) is 22.5 Å². The van der Waals surface area contributed by atoms with Gasteiger partial charge in [-0.05, 0) is 73.4 Å². The van der Waals surface area contributed by atoms with Gasteiger partial charge in [0.05, 0.1) is 11.1 Å². The molecule has 0 aromatic heterocycles. The first kappa shape index (κ1) is 22.0. The highest BCUT2D eigenvalue weighted by Gasteiger charge is 2.35. The highest BCUT2D eigenvalue weighted by Crippen LogP contribution is 2.45. The van der Waals surface area contributed by atoms with Crippen molar-refractivity contribution in [1.82, 2.24) is 5.43 Å². The van der Waals surface area contributed by atoms with E-state index < -0.39 is 10.8 Å². The number of rotatable bonds is 5. The molecule has 2 fully saturated rings. The number of aryl methyl sites for hydroxylation is 1. The van der Waals surface area contributed by atoms with Gasteiger partial charge >= 0.3 is 0 Å². The molecule has 1 spiro atoms. The lowest BCUT2D eigenvalue weighted by atomic mass is 9.68. The molecular formula is C25H30N4O3. The Balaban J connectivity index is 1.33. The third-order valence-corrected chi connectivity index (χ3v) is 7.07. The molecule has 0 unspecified atom stereocenters. The summed E-state index contributed by atoms with van der Waals surface area (Å²) in [6.45, 7) is 4.30. The lowest BCUT2D eigenvalue weighted by Crippen LogP contribution is -2.41. The Hall–Kier alpha value is -3.22. The molecule has 0 bridgehead atoms. The van der Waals surface area contributed by atoms with Gasteiger partial charge in [-0.15, -0.1) is 0 Å². The van der Waals surface area contributed by atoms with Crippen LogP contribution in [0.3, 0.4) is 0 Å². The summed E-state index contributed by atoms with van der Waals surface area (Å²) in [6, 6.07) is 11.8. The molecule has 0 radical (unpaired) electrons. The van der Waals surface area contributed by atoms with E-state index in [2.05, 4.69) is 34.5 Å². The van der Waals surface area contributed by atoms with Crippen molar-refractivity contribution in [3.63, 3.8) is 0 Å². The first-order chi connectivity index (χ1) is 15.5. The fraction of sp³-hybridized carbons (Fsp3) is 0.440. The highest BCUT2D eigenvalue weighted by molar-refractivity contribution is 5.95. The molecule has 1 aliphatic carbocycles. The van der Waals surface area contributed by atoms with E-state index in [-0.39, 0.29) is 5.69 Å². The van der Waals surface area contributed by atoms with E-state index in [0.29, 0.717) is 11.0 Å². The van der Waals surface area contributed by atoms with Crippen LogP contribution in [0.5, 0.6) is 0 Å². The molecule has 2 aromatic carbocycles. The Morgan fingerprint density at radius 1 is 1.06 bits per heavy atom. The zero-order valence-corrected chi connectivity index (χ0v) is 18.5. The maximum atomic E-state index is 12.2. The first-order valence-electron chi connectivity index (χ1n) is 11.4. The number of hydrogen-bond donors (Lipinski definition) is 1. The van der Waals surface area contributed by atoms with Crippen molar-refractivity contribution in [3.8, 4) is 0 Å². The normalized spacial score (nSPS) is 18.1. The maximum Gasteiger partial charge on any atom is 0.271 e. The summed E-state index contributed by atoms with van der Waals surface area (Å²) < 4.78 is 0. The molecule has 2 aromatic rings. The molecule has 4 rings (SSSR count). The van der Waals surface area contributed by atoms with Crippen LogP contribution in [0.1, 0.15) is 66.4 Å². The number of nitrogens with one attached hydrogen (secondary N) is 1. The van der Waals surface area contributed by atoms with E-state index in [1.54, 1.807) is 6.21 Å². The van der Waals surface area contributed by atoms with Gasteiger partial charge in [0.15, 0.2) is 0 Å². The molecule has 1 saturated heterocycles. The number of piperidine rings is 1. The van der Waals surface area contributed by atoms with E-state index >= 15 is 0 Å². The van der Waals surface area contributed by atoms with Crippen molar-refractivity contribution in [2.75, 3.05) is 18.0 Å². The van der Waals surface area contributed by atoms with Crippen molar-refractivity contribution in [3.05, 3.63) is 69.3 Å². The van der Waals surface area contributed by atoms with Crippen LogP contribution in [-0.4, -0.2) is 30.1 Å². The van der Waals surface area contributed by atoms with Crippen LogP contribution in [0.25, 0.3) is 0 Å². The number of anilines is 1. The molecule has 32 heavy (non-hydrogen) atoms. The monoisotopic (exact) mass is 434 g/mol. The van der Waals surface area contributed by atoms with Gasteiger partial charge in [0.1, 0.15) is 0 Å². The number of nitro benzene ring substituents is 1. The van der Waals surface area contributed by atoms with Crippen LogP contribution in [0.15, 0.2) is 47.6 Å². The SMILES string of the molecule is Cc1cc(N2CCC3(CCCCC3)CC2)ccc1C=NNC(=O)c1ccc([N+](=O)[O-])cc1. The van der Waals surface area contributed by atoms with E-state index in [1.807, 2.05) is 6.07 Å². The summed E-state index contributed by atoms with van der Waals surface area (Å²) in [5, 5.41) is 14.8. The van der Waals surface area contributed by atoms with Crippen molar-refractivity contribution < 1.29 is 9.72 Å². The number of hydrogen-bond acceptors (Lipinski definition) is 5. The van der Waals surface area contributed by atoms with Crippen LogP contribution in [-0.2, 0) is 0 Å². The number of nitrogens with zero attached hydrogens (tertiary/aromatic N) is 3. The second-order valence-electron chi connectivity index (χ2n) is 9.09. The minimum Gasteiger partial charge on any atom is -0.371 e. The fourth-order valence-corrected chi connectivity index (χ4v) is 5.00. The molecular weight excluding hydrogens is 404 g/mol. The summed E-state index contributed by atoms with van der Waals surface area (Å²) in [6.07, 6.45) is 11.2. The molecule has 1 N–H and O–H groups in total. The molecule has 1 aliphatic heterocycles. The average Bonchev–Trinajstić information content (AvgIpc) is 2.81. The van der Waals surface area contributed by atoms with Gasteiger partial charge in [0.25, 0.3) is 11.6 Å². The minimum atomic E-state index is -0.496. The van der Waals surface area contributed by atoms with Gasteiger partial charge in [0.2, 0.25) is 0 Å². The van der Waals surface area contributed by atoms with Crippen LogP contribution in [0.2, 0.25) is 0 Å². The Morgan fingerprint density at radius 3 is 2.38 bits per heavy atom. The Bertz CT molecular complexity index is 1000. The number of amides is 1. The smallest absolute Gasteiger partial charge is 0.271 e. The number of carbonyl (C=O) groups is 1. The molecule has 0 atom stereocenters. The summed E-state index contributed by atoms with van der Waals surface area (Å²) in [5.41, 5.74) is 6.65. The maximum absolute atomic E-state index is 12.2. The minimum absolute atomic E-state index is 0.0524. The van der Waals surface area contributed by atoms with E-state index in [9.17, 15) is 14.9 Å². The number of non-ortho nitro benzene ring substituents is 1. The third-order valence-electron chi connectivity index (χ3n) is 7.07. The lowest BCUT2D eigenvalue weighted by molar-refractivity contribution is -0.384. The quantitative estimate of drug-likeness (QED) is 0.397. The van der Waals surface area contributed by atoms with Crippen molar-refractivity contribution in [2.45, 2.75) is 51.9 Å². The van der Waals surface area contributed by atoms with Gasteiger partial charge in [-0.2, -0.15) is 5.10 Å². The van der Waals surface area contributed by atoms with E-state index in [4.69, 9.17) is 0 Å². The third kappa shape index (κ3) is 4.98. The first-order valence-corrected chi connectivity index (χ1v) is 11.4. The van der Waals surface area contributed by atoms with E-state index in [0.717, 1.165) is 24.2 Å². The number of carbonyl (C=O) groups excluding carboxylic acids is 1. The topological polar surface area (TPSA) is 87.8 Å². The molecule has 168 valence electrons. The molecule has 7 nitrogen and oxygen atoms in total. The van der Waals surface area contributed by atoms with Gasteiger partial charge in [-0.1, -0.05) is 25.3 Å². The molecule has 1 amide bonds. The highest BCUT2D eigenvalue weighted by atomic mass is 16.6. The predicted octanol–water partition coefficient (Wildman–Crippen LogP) is 5.22. The molecule has 1 heterocycles. The zero-order valence-electron chi connectivity index (χ0n) is 18.5. The summed E-state index contributed by atoms with van der Waals surface area (Å²) in [7, 11) is 0. The van der Waals surface area contributed by atoms with Crippen molar-refractivity contribution >= 4 is 23.5 Å². The Morgan fingerprint density at radius 2 is 1.75 bits per heavy atom. The van der Waals surface area contributed by atoms with E-state index in [1.165, 1.54) is 74.9 Å². The van der Waals surface area contributed by atoms with Crippen LogP contribution >= 0.6 is 0 Å². The number of nitro groups is 1. The summed E-state index contributed by atoms with van der Waals surface area (Å²) in [5.74, 6) is -0.407. The molecule has 2 aliphatic rings. The van der Waals surface area contributed by atoms with Crippen molar-refractivity contribution in [2.24, 2.45) is 10.5 Å². The molecule has 1 saturated carbocycles.